The molecule has 1 aromatic carbocycles. The Morgan fingerprint density at radius 1 is 1.20 bits per heavy atom. The van der Waals surface area contributed by atoms with Crippen molar-refractivity contribution < 1.29 is 9.78 Å². The van der Waals surface area contributed by atoms with E-state index in [1.54, 1.807) is 0 Å². The smallest absolute Gasteiger partial charge is 0.168 e. The molecule has 84 valence electrons. The Hall–Kier alpha value is -0.730. The van der Waals surface area contributed by atoms with E-state index >= 15 is 0 Å². The molecule has 0 spiro atoms. The molecule has 1 aliphatic heterocycles. The Kier molecular flexibility index (Phi) is 4.43. The van der Waals surface area contributed by atoms with Crippen molar-refractivity contribution in [3.63, 3.8) is 0 Å². The second-order valence-electron chi connectivity index (χ2n) is 4.33. The molecule has 0 saturated carbocycles. The summed E-state index contributed by atoms with van der Waals surface area (Å²) in [5.41, 5.74) is 1.23. The second-order valence-corrected chi connectivity index (χ2v) is 5.46. The molecule has 1 aromatic rings. The summed E-state index contributed by atoms with van der Waals surface area (Å²) in [7, 11) is 0. The predicted octanol–water partition coefficient (Wildman–Crippen LogP) is 3.58. The van der Waals surface area contributed by atoms with E-state index < -0.39 is 0 Å². The summed E-state index contributed by atoms with van der Waals surface area (Å²) in [6.07, 6.45) is 0.955. The van der Waals surface area contributed by atoms with Crippen LogP contribution in [-0.4, -0.2) is 11.5 Å². The average molecular weight is 229 g/mol. The third-order valence-corrected chi connectivity index (χ3v) is 1.58. The fourth-order valence-electron chi connectivity index (χ4n) is 1.05. The van der Waals surface area contributed by atoms with Crippen LogP contribution in [-0.2, 0) is 11.3 Å². The molecule has 15 heavy (non-hydrogen) atoms. The predicted molar refractivity (Wildman–Crippen MR) is 62.3 cm³/mol. The van der Waals surface area contributed by atoms with Crippen molar-refractivity contribution in [3.05, 3.63) is 29.8 Å². The van der Waals surface area contributed by atoms with Gasteiger partial charge in [0.2, 0.25) is 0 Å². The number of alkyl halides is 1. The first-order chi connectivity index (χ1) is 6.97. The van der Waals surface area contributed by atoms with Crippen molar-refractivity contribution in [1.82, 2.24) is 0 Å². The van der Waals surface area contributed by atoms with Crippen LogP contribution in [0.15, 0.2) is 24.3 Å². The summed E-state index contributed by atoms with van der Waals surface area (Å²) < 4.78 is 0. The van der Waals surface area contributed by atoms with E-state index in [9.17, 15) is 0 Å². The molecular formula is C12H17ClO2. The van der Waals surface area contributed by atoms with Crippen molar-refractivity contribution >= 4 is 11.6 Å². The summed E-state index contributed by atoms with van der Waals surface area (Å²) in [5, 5.41) is 0. The lowest BCUT2D eigenvalue weighted by molar-refractivity contribution is -0.215. The zero-order chi connectivity index (χ0) is 11.3. The molecule has 1 aliphatic rings. The van der Waals surface area contributed by atoms with Crippen LogP contribution in [0.1, 0.15) is 26.3 Å². The summed E-state index contributed by atoms with van der Waals surface area (Å²) in [4.78, 5) is 9.69. The van der Waals surface area contributed by atoms with Crippen molar-refractivity contribution in [1.29, 1.82) is 0 Å². The Balaban J connectivity index is 0.000000195. The van der Waals surface area contributed by atoms with Crippen LogP contribution >= 0.6 is 11.6 Å². The molecule has 0 bridgehead atoms. The molecule has 0 aliphatic carbocycles. The maximum Gasteiger partial charge on any atom is 0.168 e. The molecule has 1 heterocycles. The summed E-state index contributed by atoms with van der Waals surface area (Å²) >= 11 is 5.53. The van der Waals surface area contributed by atoms with Crippen LogP contribution in [0.5, 0.6) is 5.75 Å². The highest BCUT2D eigenvalue weighted by atomic mass is 35.5. The Morgan fingerprint density at radius 2 is 1.80 bits per heavy atom. The SMILES string of the molecule is CC(C)(C)Cl.c1ccc2c(c1)CCOO2. The van der Waals surface area contributed by atoms with Crippen LogP contribution in [0.3, 0.4) is 0 Å². The monoisotopic (exact) mass is 228 g/mol. The van der Waals surface area contributed by atoms with Crippen LogP contribution in [0.25, 0.3) is 0 Å². The van der Waals surface area contributed by atoms with E-state index in [4.69, 9.17) is 21.4 Å². The normalized spacial score (nSPS) is 14.4. The van der Waals surface area contributed by atoms with E-state index in [1.165, 1.54) is 5.56 Å². The molecular weight excluding hydrogens is 212 g/mol. The maximum atomic E-state index is 5.53. The van der Waals surface area contributed by atoms with Crippen LogP contribution in [0, 0.1) is 0 Å². The molecule has 2 rings (SSSR count). The Morgan fingerprint density at radius 3 is 2.40 bits per heavy atom. The topological polar surface area (TPSA) is 18.5 Å². The van der Waals surface area contributed by atoms with Gasteiger partial charge in [-0.25, -0.2) is 0 Å². The molecule has 0 unspecified atom stereocenters. The molecule has 0 saturated heterocycles. The number of para-hydroxylation sites is 1. The molecule has 0 radical (unpaired) electrons. The van der Waals surface area contributed by atoms with Gasteiger partial charge in [0.05, 0.1) is 6.61 Å². The van der Waals surface area contributed by atoms with E-state index in [0.29, 0.717) is 6.61 Å². The summed E-state index contributed by atoms with van der Waals surface area (Å²) in [5.74, 6) is 0.855. The van der Waals surface area contributed by atoms with E-state index in [2.05, 4.69) is 6.07 Å². The lowest BCUT2D eigenvalue weighted by Gasteiger charge is -2.14. The third-order valence-electron chi connectivity index (χ3n) is 1.58. The fourth-order valence-corrected chi connectivity index (χ4v) is 1.05. The minimum absolute atomic E-state index is 0.0278. The third kappa shape index (κ3) is 5.65. The summed E-state index contributed by atoms with van der Waals surface area (Å²) in [6, 6.07) is 7.91. The van der Waals surface area contributed by atoms with E-state index in [1.807, 2.05) is 39.0 Å². The number of benzene rings is 1. The minimum atomic E-state index is -0.0278. The minimum Gasteiger partial charge on any atom is -0.337 e. The second kappa shape index (κ2) is 5.38. The highest BCUT2D eigenvalue weighted by Crippen LogP contribution is 2.21. The van der Waals surface area contributed by atoms with Gasteiger partial charge in [-0.2, -0.15) is 4.89 Å². The van der Waals surface area contributed by atoms with Gasteiger partial charge < -0.3 is 4.89 Å². The quantitative estimate of drug-likeness (QED) is 0.499. The molecule has 0 N–H and O–H groups in total. The molecule has 0 atom stereocenters. The van der Waals surface area contributed by atoms with Gasteiger partial charge in [-0.15, -0.1) is 11.6 Å². The molecule has 2 nitrogen and oxygen atoms in total. The fraction of sp³-hybridized carbons (Fsp3) is 0.500. The number of rotatable bonds is 0. The van der Waals surface area contributed by atoms with Gasteiger partial charge in [-0.05, 0) is 26.8 Å². The van der Waals surface area contributed by atoms with Crippen molar-refractivity contribution in [2.75, 3.05) is 6.61 Å². The van der Waals surface area contributed by atoms with Crippen LogP contribution in [0.2, 0.25) is 0 Å². The number of halogens is 1. The van der Waals surface area contributed by atoms with Crippen LogP contribution < -0.4 is 4.89 Å². The number of hydrogen-bond acceptors (Lipinski definition) is 2. The first-order valence-electron chi connectivity index (χ1n) is 5.03. The molecule has 3 heteroatoms. The van der Waals surface area contributed by atoms with Gasteiger partial charge in [-0.3, -0.25) is 0 Å². The average Bonchev–Trinajstić information content (AvgIpc) is 2.16. The van der Waals surface area contributed by atoms with Gasteiger partial charge in [-0.1, -0.05) is 18.2 Å². The number of hydrogen-bond donors (Lipinski definition) is 0. The van der Waals surface area contributed by atoms with E-state index in [0.717, 1.165) is 12.2 Å². The Labute approximate surface area is 96.1 Å². The summed E-state index contributed by atoms with van der Waals surface area (Å²) in [6.45, 7) is 6.52. The van der Waals surface area contributed by atoms with Crippen molar-refractivity contribution in [2.45, 2.75) is 32.1 Å². The highest BCUT2D eigenvalue weighted by molar-refractivity contribution is 6.23. The van der Waals surface area contributed by atoms with E-state index in [-0.39, 0.29) is 4.87 Å². The van der Waals surface area contributed by atoms with Crippen molar-refractivity contribution in [2.24, 2.45) is 0 Å². The van der Waals surface area contributed by atoms with Gasteiger partial charge in [0, 0.05) is 16.9 Å². The zero-order valence-electron chi connectivity index (χ0n) is 9.42. The number of fused-ring (bicyclic) bond motifs is 1. The van der Waals surface area contributed by atoms with Crippen LogP contribution in [0.4, 0.5) is 0 Å². The molecule has 0 amide bonds. The molecule has 0 fully saturated rings. The first-order valence-corrected chi connectivity index (χ1v) is 5.41. The lowest BCUT2D eigenvalue weighted by Crippen LogP contribution is -2.10. The largest absolute Gasteiger partial charge is 0.337 e. The standard InChI is InChI=1S/C8H8O2.C4H9Cl/c1-2-4-8-7(3-1)5-6-9-10-8;1-4(2,3)5/h1-4H,5-6H2;1-3H3. The maximum absolute atomic E-state index is 5.53. The zero-order valence-corrected chi connectivity index (χ0v) is 10.2. The highest BCUT2D eigenvalue weighted by Gasteiger charge is 2.08. The first kappa shape index (κ1) is 12.3. The lowest BCUT2D eigenvalue weighted by atomic mass is 10.1. The van der Waals surface area contributed by atoms with Gasteiger partial charge in [0.25, 0.3) is 0 Å². The van der Waals surface area contributed by atoms with Gasteiger partial charge in [0.1, 0.15) is 0 Å². The van der Waals surface area contributed by atoms with Gasteiger partial charge in [0.15, 0.2) is 5.75 Å². The van der Waals surface area contributed by atoms with Gasteiger partial charge >= 0.3 is 0 Å². The Bertz CT molecular complexity index is 274. The molecule has 0 aromatic heterocycles. The van der Waals surface area contributed by atoms with Crippen molar-refractivity contribution in [3.8, 4) is 5.75 Å².